The van der Waals surface area contributed by atoms with Crippen LogP contribution in [0, 0.1) is 0 Å². The largest absolute Gasteiger partial charge is 0.255 e. The van der Waals surface area contributed by atoms with E-state index in [2.05, 4.69) is 6.07 Å². The molecule has 0 N–H and O–H groups in total. The molecule has 0 bridgehead atoms. The van der Waals surface area contributed by atoms with Gasteiger partial charge in [-0.1, -0.05) is 36.4 Å². The van der Waals surface area contributed by atoms with E-state index in [1.807, 2.05) is 41.8 Å². The second-order valence-electron chi connectivity index (χ2n) is 3.37. The van der Waals surface area contributed by atoms with E-state index in [0.29, 0.717) is 0 Å². The minimum absolute atomic E-state index is 0.936. The summed E-state index contributed by atoms with van der Waals surface area (Å²) in [4.78, 5) is 1.15. The molecule has 1 aromatic carbocycles. The van der Waals surface area contributed by atoms with Crippen LogP contribution >= 0.6 is 11.3 Å². The first-order chi connectivity index (χ1) is 7.77. The van der Waals surface area contributed by atoms with Crippen molar-refractivity contribution in [2.24, 2.45) is 0 Å². The van der Waals surface area contributed by atoms with Crippen LogP contribution in [0.2, 0.25) is 0 Å². The molecule has 1 aromatic heterocycles. The molecule has 0 saturated heterocycles. The van der Waals surface area contributed by atoms with E-state index in [-0.39, 0.29) is 0 Å². The number of benzene rings is 1. The van der Waals surface area contributed by atoms with Crippen molar-refractivity contribution < 1.29 is 4.21 Å². The fourth-order valence-corrected chi connectivity index (χ4v) is 2.92. The smallest absolute Gasteiger partial charge is 0.0431 e. The van der Waals surface area contributed by atoms with Crippen LogP contribution in [0.4, 0.5) is 0 Å². The highest BCUT2D eigenvalue weighted by molar-refractivity contribution is 7.87. The Morgan fingerprint density at radius 1 is 1.19 bits per heavy atom. The monoisotopic (exact) mass is 248 g/mol. The highest BCUT2D eigenvalue weighted by Crippen LogP contribution is 2.27. The van der Waals surface area contributed by atoms with Crippen molar-refractivity contribution in [1.82, 2.24) is 0 Å². The molecule has 0 fully saturated rings. The Bertz CT molecular complexity index is 498. The molecule has 82 valence electrons. The SMILES string of the molecule is C[S@@](=O)/C=C(/c1ccccc1)c1cccs1. The predicted octanol–water partition coefficient (Wildman–Crippen LogP) is 3.52. The van der Waals surface area contributed by atoms with Gasteiger partial charge in [-0.15, -0.1) is 11.3 Å². The third-order valence-electron chi connectivity index (χ3n) is 2.16. The summed E-state index contributed by atoms with van der Waals surface area (Å²) in [5.41, 5.74) is 2.16. The van der Waals surface area contributed by atoms with Gasteiger partial charge in [0.1, 0.15) is 0 Å². The van der Waals surface area contributed by atoms with Gasteiger partial charge < -0.3 is 0 Å². The first-order valence-corrected chi connectivity index (χ1v) is 7.41. The van der Waals surface area contributed by atoms with Gasteiger partial charge in [-0.25, -0.2) is 0 Å². The predicted molar refractivity (Wildman–Crippen MR) is 71.9 cm³/mol. The molecule has 16 heavy (non-hydrogen) atoms. The third-order valence-corrected chi connectivity index (χ3v) is 3.63. The highest BCUT2D eigenvalue weighted by Gasteiger charge is 2.06. The Labute approximate surface area is 102 Å². The van der Waals surface area contributed by atoms with Crippen molar-refractivity contribution >= 4 is 27.7 Å². The molecule has 0 amide bonds. The molecular formula is C13H12OS2. The van der Waals surface area contributed by atoms with E-state index < -0.39 is 10.8 Å². The quantitative estimate of drug-likeness (QED) is 0.812. The van der Waals surface area contributed by atoms with Gasteiger partial charge in [-0.2, -0.15) is 0 Å². The van der Waals surface area contributed by atoms with E-state index in [9.17, 15) is 4.21 Å². The molecule has 0 aliphatic rings. The molecule has 0 spiro atoms. The molecule has 2 aromatic rings. The van der Waals surface area contributed by atoms with Crippen molar-refractivity contribution in [2.75, 3.05) is 6.26 Å². The molecular weight excluding hydrogens is 236 g/mol. The molecule has 1 nitrogen and oxygen atoms in total. The van der Waals surface area contributed by atoms with E-state index in [1.165, 1.54) is 0 Å². The van der Waals surface area contributed by atoms with Crippen LogP contribution in [0.1, 0.15) is 10.4 Å². The summed E-state index contributed by atoms with van der Waals surface area (Å²) in [6.07, 6.45) is 1.69. The van der Waals surface area contributed by atoms with Crippen LogP contribution in [0.3, 0.4) is 0 Å². The number of hydrogen-bond acceptors (Lipinski definition) is 2. The lowest BCUT2D eigenvalue weighted by molar-refractivity contribution is 0.692. The third kappa shape index (κ3) is 2.68. The van der Waals surface area contributed by atoms with Gasteiger partial charge in [-0.3, -0.25) is 4.21 Å². The van der Waals surface area contributed by atoms with E-state index >= 15 is 0 Å². The molecule has 0 aliphatic carbocycles. The first kappa shape index (κ1) is 11.3. The maximum Gasteiger partial charge on any atom is 0.0431 e. The van der Waals surface area contributed by atoms with Crippen molar-refractivity contribution in [3.63, 3.8) is 0 Å². The summed E-state index contributed by atoms with van der Waals surface area (Å²) in [6, 6.07) is 14.1. The average molecular weight is 248 g/mol. The molecule has 0 aliphatic heterocycles. The minimum Gasteiger partial charge on any atom is -0.255 e. The molecule has 1 atom stereocenters. The van der Waals surface area contributed by atoms with Gasteiger partial charge in [-0.05, 0) is 17.0 Å². The van der Waals surface area contributed by atoms with Crippen molar-refractivity contribution in [3.05, 3.63) is 63.7 Å². The lowest BCUT2D eigenvalue weighted by Crippen LogP contribution is -1.87. The minimum atomic E-state index is -0.936. The molecule has 3 heteroatoms. The molecule has 1 heterocycles. The van der Waals surface area contributed by atoms with Gasteiger partial charge >= 0.3 is 0 Å². The lowest BCUT2D eigenvalue weighted by Gasteiger charge is -2.04. The number of hydrogen-bond donors (Lipinski definition) is 0. The Morgan fingerprint density at radius 3 is 2.50 bits per heavy atom. The van der Waals surface area contributed by atoms with Gasteiger partial charge in [0.05, 0.1) is 0 Å². The molecule has 0 saturated carbocycles. The van der Waals surface area contributed by atoms with E-state index in [0.717, 1.165) is 16.0 Å². The summed E-state index contributed by atoms with van der Waals surface area (Å²) in [5.74, 6) is 0. The Morgan fingerprint density at radius 2 is 1.94 bits per heavy atom. The standard InChI is InChI=1S/C13H12OS2/c1-16(14)10-12(13-8-5-9-15-13)11-6-3-2-4-7-11/h2-10H,1H3/b12-10-/t16-/m1/s1. The summed E-state index contributed by atoms with van der Waals surface area (Å²) in [5, 5.41) is 3.84. The fourth-order valence-electron chi connectivity index (χ4n) is 1.48. The van der Waals surface area contributed by atoms with Crippen LogP contribution < -0.4 is 0 Å². The second kappa shape index (κ2) is 5.23. The molecule has 2 rings (SSSR count). The Kier molecular flexibility index (Phi) is 3.70. The zero-order valence-electron chi connectivity index (χ0n) is 8.92. The van der Waals surface area contributed by atoms with Gasteiger partial charge in [0.15, 0.2) is 0 Å². The molecule has 0 unspecified atom stereocenters. The highest BCUT2D eigenvalue weighted by atomic mass is 32.2. The Balaban J connectivity index is 2.49. The van der Waals surface area contributed by atoms with E-state index in [1.54, 1.807) is 23.0 Å². The van der Waals surface area contributed by atoms with Gasteiger partial charge in [0.25, 0.3) is 0 Å². The van der Waals surface area contributed by atoms with Gasteiger partial charge in [0.2, 0.25) is 0 Å². The second-order valence-corrected chi connectivity index (χ2v) is 5.55. The van der Waals surface area contributed by atoms with Crippen molar-refractivity contribution in [2.45, 2.75) is 0 Å². The van der Waals surface area contributed by atoms with E-state index in [4.69, 9.17) is 0 Å². The fraction of sp³-hybridized carbons (Fsp3) is 0.0769. The van der Waals surface area contributed by atoms with Crippen LogP contribution in [-0.2, 0) is 10.8 Å². The summed E-state index contributed by atoms with van der Waals surface area (Å²) >= 11 is 1.67. The first-order valence-electron chi connectivity index (χ1n) is 4.91. The zero-order chi connectivity index (χ0) is 11.4. The molecule has 0 radical (unpaired) electrons. The van der Waals surface area contributed by atoms with Crippen LogP contribution in [0.25, 0.3) is 5.57 Å². The lowest BCUT2D eigenvalue weighted by atomic mass is 10.1. The summed E-state index contributed by atoms with van der Waals surface area (Å²) in [6.45, 7) is 0. The normalized spacial score (nSPS) is 13.7. The summed E-state index contributed by atoms with van der Waals surface area (Å²) < 4.78 is 11.4. The van der Waals surface area contributed by atoms with Crippen LogP contribution in [0.15, 0.2) is 53.3 Å². The van der Waals surface area contributed by atoms with Crippen molar-refractivity contribution in [1.29, 1.82) is 0 Å². The Hall–Kier alpha value is -1.19. The number of thiophene rings is 1. The van der Waals surface area contributed by atoms with Crippen LogP contribution in [-0.4, -0.2) is 10.5 Å². The maximum absolute atomic E-state index is 11.4. The summed E-state index contributed by atoms with van der Waals surface area (Å²) in [7, 11) is -0.936. The zero-order valence-corrected chi connectivity index (χ0v) is 10.6. The van der Waals surface area contributed by atoms with Gasteiger partial charge in [0, 0.05) is 32.9 Å². The maximum atomic E-state index is 11.4. The number of rotatable bonds is 3. The van der Waals surface area contributed by atoms with Crippen molar-refractivity contribution in [3.8, 4) is 0 Å². The van der Waals surface area contributed by atoms with Crippen LogP contribution in [0.5, 0.6) is 0 Å². The topological polar surface area (TPSA) is 17.1 Å². The average Bonchev–Trinajstić information content (AvgIpc) is 2.80.